The van der Waals surface area contributed by atoms with Crippen molar-refractivity contribution in [2.75, 3.05) is 40.4 Å². The molecule has 0 aromatic heterocycles. The van der Waals surface area contributed by atoms with E-state index in [4.69, 9.17) is 33.9 Å². The summed E-state index contributed by atoms with van der Waals surface area (Å²) in [6.45, 7) is 7.38. The topological polar surface area (TPSA) is 66.6 Å². The van der Waals surface area contributed by atoms with Crippen molar-refractivity contribution in [2.45, 2.75) is 26.7 Å². The Labute approximate surface area is 208 Å². The van der Waals surface area contributed by atoms with Crippen LogP contribution >= 0.6 is 24.4 Å². The van der Waals surface area contributed by atoms with Gasteiger partial charge in [0.2, 0.25) is 0 Å². The minimum Gasteiger partial charge on any atom is -0.497 e. The summed E-state index contributed by atoms with van der Waals surface area (Å²) in [6.07, 6.45) is 1.79. The molecule has 0 amide bonds. The number of nitrogens with one attached hydrogen (secondary N) is 4. The van der Waals surface area contributed by atoms with Crippen LogP contribution in [0.5, 0.6) is 11.5 Å². The molecule has 180 valence electrons. The van der Waals surface area contributed by atoms with Crippen molar-refractivity contribution in [3.63, 3.8) is 0 Å². The first-order valence-electron chi connectivity index (χ1n) is 11.1. The van der Waals surface area contributed by atoms with Gasteiger partial charge in [-0.15, -0.1) is 0 Å². The molecule has 2 rings (SSSR count). The Hall–Kier alpha value is -2.58. The highest BCUT2D eigenvalue weighted by molar-refractivity contribution is 7.80. The molecule has 0 atom stereocenters. The van der Waals surface area contributed by atoms with Gasteiger partial charge in [0.25, 0.3) is 0 Å². The molecular formula is C25H36N4O2S2. The lowest BCUT2D eigenvalue weighted by Crippen LogP contribution is -2.47. The zero-order valence-electron chi connectivity index (χ0n) is 20.0. The molecule has 0 radical (unpaired) electrons. The third kappa shape index (κ3) is 10.7. The Kier molecular flexibility index (Phi) is 11.2. The molecule has 8 heteroatoms. The summed E-state index contributed by atoms with van der Waals surface area (Å²) in [5.74, 6) is 1.73. The van der Waals surface area contributed by atoms with Crippen LogP contribution in [-0.2, 0) is 12.8 Å². The maximum Gasteiger partial charge on any atom is 0.166 e. The van der Waals surface area contributed by atoms with Gasteiger partial charge >= 0.3 is 0 Å². The van der Waals surface area contributed by atoms with Crippen molar-refractivity contribution in [3.8, 4) is 11.5 Å². The largest absolute Gasteiger partial charge is 0.497 e. The van der Waals surface area contributed by atoms with Crippen LogP contribution in [0.3, 0.4) is 0 Å². The van der Waals surface area contributed by atoms with Gasteiger partial charge in [0.05, 0.1) is 14.2 Å². The Morgan fingerprint density at radius 1 is 0.667 bits per heavy atom. The van der Waals surface area contributed by atoms with E-state index in [9.17, 15) is 0 Å². The molecule has 2 aromatic carbocycles. The van der Waals surface area contributed by atoms with E-state index in [0.29, 0.717) is 10.2 Å². The summed E-state index contributed by atoms with van der Waals surface area (Å²) in [7, 11) is 3.34. The van der Waals surface area contributed by atoms with E-state index in [1.807, 2.05) is 24.3 Å². The van der Waals surface area contributed by atoms with Gasteiger partial charge in [0, 0.05) is 26.2 Å². The number of benzene rings is 2. The summed E-state index contributed by atoms with van der Waals surface area (Å²) in [4.78, 5) is 0. The Morgan fingerprint density at radius 3 is 1.36 bits per heavy atom. The van der Waals surface area contributed by atoms with Crippen LogP contribution in [0.15, 0.2) is 48.5 Å². The van der Waals surface area contributed by atoms with Crippen LogP contribution in [0.4, 0.5) is 0 Å². The monoisotopic (exact) mass is 488 g/mol. The van der Waals surface area contributed by atoms with Gasteiger partial charge in [-0.25, -0.2) is 0 Å². The van der Waals surface area contributed by atoms with Gasteiger partial charge in [-0.3, -0.25) is 0 Å². The molecule has 2 aromatic rings. The molecule has 0 aliphatic carbocycles. The van der Waals surface area contributed by atoms with E-state index in [2.05, 4.69) is 59.4 Å². The second-order valence-corrected chi connectivity index (χ2v) is 9.40. The summed E-state index contributed by atoms with van der Waals surface area (Å²) in [5.41, 5.74) is 2.45. The fourth-order valence-electron chi connectivity index (χ4n) is 3.05. The van der Waals surface area contributed by atoms with Crippen molar-refractivity contribution in [1.82, 2.24) is 21.3 Å². The molecule has 33 heavy (non-hydrogen) atoms. The SMILES string of the molecule is COc1ccc(CCNC(=S)NCC(C)(C)CNC(=S)NCCc2ccc(OC)cc2)cc1. The number of hydrogen-bond acceptors (Lipinski definition) is 4. The van der Waals surface area contributed by atoms with Crippen LogP contribution in [0.1, 0.15) is 25.0 Å². The Bertz CT molecular complexity index is 799. The van der Waals surface area contributed by atoms with Crippen LogP contribution < -0.4 is 30.7 Å². The van der Waals surface area contributed by atoms with E-state index in [1.54, 1.807) is 14.2 Å². The Balaban J connectivity index is 1.58. The standard InChI is InChI=1S/C25H36N4O2S2/c1-25(2,17-28-23(32)26-15-13-19-5-9-21(30-3)10-6-19)18-29-24(33)27-16-14-20-7-11-22(31-4)12-8-20/h5-12H,13-18H2,1-4H3,(H2,26,28,32)(H2,27,29,33). The van der Waals surface area contributed by atoms with Crippen molar-refractivity contribution >= 4 is 34.7 Å². The van der Waals surface area contributed by atoms with E-state index in [0.717, 1.165) is 50.5 Å². The number of methoxy groups -OCH3 is 2. The van der Waals surface area contributed by atoms with E-state index in [1.165, 1.54) is 11.1 Å². The highest BCUT2D eigenvalue weighted by atomic mass is 32.1. The fraction of sp³-hybridized carbons (Fsp3) is 0.440. The zero-order chi connectivity index (χ0) is 24.1. The number of hydrogen-bond donors (Lipinski definition) is 4. The average Bonchev–Trinajstić information content (AvgIpc) is 2.82. The molecule has 0 aliphatic heterocycles. The number of thiocarbonyl (C=S) groups is 2. The molecule has 0 aliphatic rings. The van der Waals surface area contributed by atoms with Crippen molar-refractivity contribution in [3.05, 3.63) is 59.7 Å². The minimum atomic E-state index is -0.0244. The van der Waals surface area contributed by atoms with Crippen molar-refractivity contribution in [1.29, 1.82) is 0 Å². The van der Waals surface area contributed by atoms with Crippen molar-refractivity contribution < 1.29 is 9.47 Å². The smallest absolute Gasteiger partial charge is 0.166 e. The lowest BCUT2D eigenvalue weighted by atomic mass is 9.93. The zero-order valence-corrected chi connectivity index (χ0v) is 21.6. The molecule has 6 nitrogen and oxygen atoms in total. The summed E-state index contributed by atoms with van der Waals surface area (Å²) in [5, 5.41) is 14.5. The van der Waals surface area contributed by atoms with Crippen LogP contribution in [-0.4, -0.2) is 50.6 Å². The van der Waals surface area contributed by atoms with E-state index < -0.39 is 0 Å². The predicted octanol–water partition coefficient (Wildman–Crippen LogP) is 3.44. The highest BCUT2D eigenvalue weighted by Gasteiger charge is 2.18. The Morgan fingerprint density at radius 2 is 1.03 bits per heavy atom. The molecule has 0 bridgehead atoms. The maximum absolute atomic E-state index is 5.42. The van der Waals surface area contributed by atoms with Crippen LogP contribution in [0.2, 0.25) is 0 Å². The quantitative estimate of drug-likeness (QED) is 0.339. The van der Waals surface area contributed by atoms with E-state index in [-0.39, 0.29) is 5.41 Å². The van der Waals surface area contributed by atoms with Gasteiger partial charge in [-0.2, -0.15) is 0 Å². The van der Waals surface area contributed by atoms with Crippen molar-refractivity contribution in [2.24, 2.45) is 5.41 Å². The first-order chi connectivity index (χ1) is 15.8. The van der Waals surface area contributed by atoms with Crippen LogP contribution in [0, 0.1) is 5.41 Å². The van der Waals surface area contributed by atoms with Gasteiger partial charge in [-0.05, 0) is 78.1 Å². The molecule has 0 spiro atoms. The molecule has 0 heterocycles. The summed E-state index contributed by atoms with van der Waals surface area (Å²) < 4.78 is 10.4. The van der Waals surface area contributed by atoms with Gasteiger partial charge in [-0.1, -0.05) is 38.1 Å². The lowest BCUT2D eigenvalue weighted by molar-refractivity contribution is 0.359. The first-order valence-corrected chi connectivity index (χ1v) is 11.9. The third-order valence-corrected chi connectivity index (χ3v) is 5.75. The molecule has 0 saturated carbocycles. The van der Waals surface area contributed by atoms with Gasteiger partial charge in [0.15, 0.2) is 10.2 Å². The summed E-state index contributed by atoms with van der Waals surface area (Å²) in [6, 6.07) is 16.2. The lowest BCUT2D eigenvalue weighted by Gasteiger charge is -2.27. The van der Waals surface area contributed by atoms with E-state index >= 15 is 0 Å². The molecule has 0 saturated heterocycles. The molecule has 0 fully saturated rings. The number of ether oxygens (including phenoxy) is 2. The highest BCUT2D eigenvalue weighted by Crippen LogP contribution is 2.13. The van der Waals surface area contributed by atoms with Crippen LogP contribution in [0.25, 0.3) is 0 Å². The fourth-order valence-corrected chi connectivity index (χ4v) is 3.40. The second kappa shape index (κ2) is 13.9. The second-order valence-electron chi connectivity index (χ2n) is 8.58. The van der Waals surface area contributed by atoms with Gasteiger partial charge in [0.1, 0.15) is 11.5 Å². The molecular weight excluding hydrogens is 452 g/mol. The van der Waals surface area contributed by atoms with Gasteiger partial charge < -0.3 is 30.7 Å². The average molecular weight is 489 g/mol. The maximum atomic E-state index is 5.42. The molecule has 4 N–H and O–H groups in total. The number of rotatable bonds is 12. The molecule has 0 unspecified atom stereocenters. The first kappa shape index (κ1) is 26.7. The normalized spacial score (nSPS) is 10.8. The third-order valence-electron chi connectivity index (χ3n) is 5.17. The summed E-state index contributed by atoms with van der Waals surface area (Å²) >= 11 is 10.8. The minimum absolute atomic E-state index is 0.0244. The predicted molar refractivity (Wildman–Crippen MR) is 144 cm³/mol.